The Morgan fingerprint density at radius 1 is 0.839 bits per heavy atom. The molecule has 2 aliphatic rings. The van der Waals surface area contributed by atoms with E-state index in [-0.39, 0.29) is 12.1 Å². The molecule has 2 aromatic carbocycles. The van der Waals surface area contributed by atoms with Gasteiger partial charge in [-0.05, 0) is 51.1 Å². The van der Waals surface area contributed by atoms with E-state index in [1.54, 1.807) is 0 Å². The number of nitrogens with zero attached hydrogens (tertiary/aromatic N) is 4. The number of ether oxygens (including phenoxy) is 1. The largest absolute Gasteiger partial charge is 0.489 e. The lowest BCUT2D eigenvalue weighted by atomic mass is 10.2. The fourth-order valence-corrected chi connectivity index (χ4v) is 4.41. The summed E-state index contributed by atoms with van der Waals surface area (Å²) in [6.45, 7) is 11.7. The standard InChI is InChI=1S/C25H34N4O2/c1-21(2)31-24-12-7-6-11-23(24)27-17-15-26(16-18-27)13-8-14-28-19-20-29(25(28)30)22-9-4-3-5-10-22/h3-7,9-12,21H,8,13-20H2,1-2H3. The molecule has 0 radical (unpaired) electrons. The van der Waals surface area contributed by atoms with Crippen LogP contribution in [0.25, 0.3) is 0 Å². The predicted octanol–water partition coefficient (Wildman–Crippen LogP) is 3.93. The minimum atomic E-state index is 0.137. The topological polar surface area (TPSA) is 39.3 Å². The molecule has 2 saturated heterocycles. The van der Waals surface area contributed by atoms with E-state index in [0.29, 0.717) is 0 Å². The van der Waals surface area contributed by atoms with Gasteiger partial charge < -0.3 is 14.5 Å². The highest BCUT2D eigenvalue weighted by Crippen LogP contribution is 2.29. The van der Waals surface area contributed by atoms with Crippen molar-refractivity contribution in [2.24, 2.45) is 0 Å². The molecule has 2 heterocycles. The lowest BCUT2D eigenvalue weighted by Crippen LogP contribution is -2.47. The van der Waals surface area contributed by atoms with Crippen LogP contribution in [0.3, 0.4) is 0 Å². The molecule has 0 saturated carbocycles. The maximum Gasteiger partial charge on any atom is 0.324 e. The Labute approximate surface area is 186 Å². The van der Waals surface area contributed by atoms with E-state index in [1.807, 2.05) is 46.2 Å². The molecule has 2 fully saturated rings. The van der Waals surface area contributed by atoms with Gasteiger partial charge in [-0.15, -0.1) is 0 Å². The van der Waals surface area contributed by atoms with E-state index in [1.165, 1.54) is 5.69 Å². The number of carbonyl (C=O) groups excluding carboxylic acids is 1. The minimum Gasteiger partial charge on any atom is -0.489 e. The van der Waals surface area contributed by atoms with Crippen LogP contribution in [0.15, 0.2) is 54.6 Å². The molecule has 2 aliphatic heterocycles. The van der Waals surface area contributed by atoms with Gasteiger partial charge in [0, 0.05) is 51.5 Å². The van der Waals surface area contributed by atoms with Crippen LogP contribution in [0, 0.1) is 0 Å². The summed E-state index contributed by atoms with van der Waals surface area (Å²) in [6, 6.07) is 18.4. The zero-order valence-electron chi connectivity index (χ0n) is 18.7. The summed E-state index contributed by atoms with van der Waals surface area (Å²) in [4.78, 5) is 21.5. The van der Waals surface area contributed by atoms with Crippen LogP contribution in [0.5, 0.6) is 5.75 Å². The number of piperazine rings is 1. The first-order valence-corrected chi connectivity index (χ1v) is 11.5. The Balaban J connectivity index is 1.22. The quantitative estimate of drug-likeness (QED) is 0.646. The van der Waals surface area contributed by atoms with E-state index >= 15 is 0 Å². The van der Waals surface area contributed by atoms with Crippen molar-refractivity contribution in [3.8, 4) is 5.75 Å². The minimum absolute atomic E-state index is 0.137. The van der Waals surface area contributed by atoms with E-state index in [0.717, 1.165) is 70.2 Å². The molecule has 0 aromatic heterocycles. The van der Waals surface area contributed by atoms with Crippen LogP contribution < -0.4 is 14.5 Å². The maximum atomic E-state index is 12.7. The number of hydrogen-bond acceptors (Lipinski definition) is 4. The molecule has 4 rings (SSSR count). The van der Waals surface area contributed by atoms with Gasteiger partial charge in [0.2, 0.25) is 0 Å². The lowest BCUT2D eigenvalue weighted by Gasteiger charge is -2.37. The molecule has 31 heavy (non-hydrogen) atoms. The first kappa shape index (κ1) is 21.5. The van der Waals surface area contributed by atoms with Gasteiger partial charge >= 0.3 is 6.03 Å². The zero-order chi connectivity index (χ0) is 21.6. The molecule has 166 valence electrons. The Hall–Kier alpha value is -2.73. The highest BCUT2D eigenvalue weighted by atomic mass is 16.5. The van der Waals surface area contributed by atoms with Crippen LogP contribution in [0.4, 0.5) is 16.2 Å². The molecular formula is C25H34N4O2. The SMILES string of the molecule is CC(C)Oc1ccccc1N1CCN(CCCN2CCN(c3ccccc3)C2=O)CC1. The first-order valence-electron chi connectivity index (χ1n) is 11.5. The Kier molecular flexibility index (Phi) is 6.97. The van der Waals surface area contributed by atoms with E-state index in [4.69, 9.17) is 4.74 Å². The fraction of sp³-hybridized carbons (Fsp3) is 0.480. The maximum absolute atomic E-state index is 12.7. The van der Waals surface area contributed by atoms with Gasteiger partial charge in [-0.3, -0.25) is 9.80 Å². The molecule has 0 bridgehead atoms. The van der Waals surface area contributed by atoms with Gasteiger partial charge in [0.05, 0.1) is 11.8 Å². The Bertz CT molecular complexity index is 850. The van der Waals surface area contributed by atoms with Crippen molar-refractivity contribution in [3.05, 3.63) is 54.6 Å². The van der Waals surface area contributed by atoms with Crippen LogP contribution >= 0.6 is 0 Å². The molecule has 2 aromatic rings. The van der Waals surface area contributed by atoms with Gasteiger partial charge in [0.1, 0.15) is 5.75 Å². The second-order valence-corrected chi connectivity index (χ2v) is 8.57. The summed E-state index contributed by atoms with van der Waals surface area (Å²) in [7, 11) is 0. The van der Waals surface area contributed by atoms with Gasteiger partial charge in [-0.2, -0.15) is 0 Å². The van der Waals surface area contributed by atoms with Crippen LogP contribution in [-0.2, 0) is 0 Å². The fourth-order valence-electron chi connectivity index (χ4n) is 4.41. The number of amides is 2. The van der Waals surface area contributed by atoms with Gasteiger partial charge in [0.15, 0.2) is 0 Å². The molecule has 6 heteroatoms. The predicted molar refractivity (Wildman–Crippen MR) is 126 cm³/mol. The lowest BCUT2D eigenvalue weighted by molar-refractivity contribution is 0.210. The molecule has 0 atom stereocenters. The second-order valence-electron chi connectivity index (χ2n) is 8.57. The number of anilines is 2. The summed E-state index contributed by atoms with van der Waals surface area (Å²) < 4.78 is 6.00. The van der Waals surface area contributed by atoms with E-state index in [9.17, 15) is 4.79 Å². The second kappa shape index (κ2) is 10.1. The molecule has 0 unspecified atom stereocenters. The van der Waals surface area contributed by atoms with Crippen LogP contribution in [0.1, 0.15) is 20.3 Å². The average molecular weight is 423 g/mol. The van der Waals surface area contributed by atoms with Gasteiger partial charge in [-0.1, -0.05) is 30.3 Å². The van der Waals surface area contributed by atoms with Crippen molar-refractivity contribution < 1.29 is 9.53 Å². The third kappa shape index (κ3) is 5.31. The molecular weight excluding hydrogens is 388 g/mol. The summed E-state index contributed by atoms with van der Waals surface area (Å²) >= 11 is 0. The van der Waals surface area contributed by atoms with Crippen LogP contribution in [0.2, 0.25) is 0 Å². The number of para-hydroxylation sites is 3. The zero-order valence-corrected chi connectivity index (χ0v) is 18.7. The van der Waals surface area contributed by atoms with Crippen molar-refractivity contribution in [1.29, 1.82) is 0 Å². The molecule has 6 nitrogen and oxygen atoms in total. The van der Waals surface area contributed by atoms with Gasteiger partial charge in [-0.25, -0.2) is 4.79 Å². The highest BCUT2D eigenvalue weighted by Gasteiger charge is 2.29. The normalized spacial score (nSPS) is 17.6. The summed E-state index contributed by atoms with van der Waals surface area (Å²) in [5.41, 5.74) is 2.19. The Morgan fingerprint density at radius 3 is 2.29 bits per heavy atom. The molecule has 0 aliphatic carbocycles. The third-order valence-corrected chi connectivity index (χ3v) is 6.01. The molecule has 2 amide bonds. The molecule has 0 spiro atoms. The molecule has 0 N–H and O–H groups in total. The van der Waals surface area contributed by atoms with Gasteiger partial charge in [0.25, 0.3) is 0 Å². The Morgan fingerprint density at radius 2 is 1.55 bits per heavy atom. The van der Waals surface area contributed by atoms with Crippen molar-refractivity contribution in [1.82, 2.24) is 9.80 Å². The van der Waals surface area contributed by atoms with E-state index in [2.05, 4.69) is 41.8 Å². The number of carbonyl (C=O) groups is 1. The van der Waals surface area contributed by atoms with Crippen LogP contribution in [-0.4, -0.2) is 74.3 Å². The van der Waals surface area contributed by atoms with Crippen molar-refractivity contribution in [2.75, 3.05) is 62.2 Å². The van der Waals surface area contributed by atoms with E-state index < -0.39 is 0 Å². The summed E-state index contributed by atoms with van der Waals surface area (Å²) in [5, 5.41) is 0. The number of urea groups is 1. The smallest absolute Gasteiger partial charge is 0.324 e. The summed E-state index contributed by atoms with van der Waals surface area (Å²) in [6.07, 6.45) is 1.19. The third-order valence-electron chi connectivity index (χ3n) is 6.01. The van der Waals surface area contributed by atoms with Crippen molar-refractivity contribution in [2.45, 2.75) is 26.4 Å². The number of hydrogen-bond donors (Lipinski definition) is 0. The number of benzene rings is 2. The summed E-state index contributed by atoms with van der Waals surface area (Å²) in [5.74, 6) is 0.974. The highest BCUT2D eigenvalue weighted by molar-refractivity contribution is 5.94. The number of rotatable bonds is 8. The average Bonchev–Trinajstić information content (AvgIpc) is 3.15. The van der Waals surface area contributed by atoms with Crippen molar-refractivity contribution in [3.63, 3.8) is 0 Å². The first-order chi connectivity index (χ1) is 15.1. The van der Waals surface area contributed by atoms with Crippen molar-refractivity contribution >= 4 is 17.4 Å². The monoisotopic (exact) mass is 422 g/mol.